The van der Waals surface area contributed by atoms with Gasteiger partial charge in [0.1, 0.15) is 17.4 Å². The number of esters is 1. The molecule has 0 unspecified atom stereocenters. The first-order valence-electron chi connectivity index (χ1n) is 9.90. The molecule has 9 nitrogen and oxygen atoms in total. The summed E-state index contributed by atoms with van der Waals surface area (Å²) in [5.74, 6) is -1.29. The average molecular weight is 467 g/mol. The van der Waals surface area contributed by atoms with E-state index in [1.165, 1.54) is 36.0 Å². The number of hydrogen-bond donors (Lipinski definition) is 1. The molecule has 0 aliphatic rings. The van der Waals surface area contributed by atoms with Crippen molar-refractivity contribution < 1.29 is 18.7 Å². The predicted molar refractivity (Wildman–Crippen MR) is 119 cm³/mol. The Kier molecular flexibility index (Phi) is 6.50. The molecule has 0 aliphatic heterocycles. The van der Waals surface area contributed by atoms with Gasteiger partial charge in [0.25, 0.3) is 0 Å². The first-order valence-corrected chi connectivity index (χ1v) is 10.7. The van der Waals surface area contributed by atoms with Crippen molar-refractivity contribution in [2.45, 2.75) is 23.4 Å². The molecule has 0 saturated heterocycles. The van der Waals surface area contributed by atoms with E-state index in [0.717, 1.165) is 9.20 Å². The minimum atomic E-state index is -0.584. The molecule has 0 bridgehead atoms. The van der Waals surface area contributed by atoms with Crippen molar-refractivity contribution in [3.63, 3.8) is 0 Å². The summed E-state index contributed by atoms with van der Waals surface area (Å²) < 4.78 is 20.4. The topological polar surface area (TPSA) is 108 Å². The lowest BCUT2D eigenvalue weighted by molar-refractivity contribution is -0.117. The van der Waals surface area contributed by atoms with E-state index in [9.17, 15) is 18.8 Å². The molecule has 1 N–H and O–H groups in total. The lowest BCUT2D eigenvalue weighted by Gasteiger charge is -2.06. The highest BCUT2D eigenvalue weighted by Crippen LogP contribution is 2.26. The summed E-state index contributed by atoms with van der Waals surface area (Å²) in [4.78, 5) is 37.4. The summed E-state index contributed by atoms with van der Waals surface area (Å²) in [6.45, 7) is 1.66. The van der Waals surface area contributed by atoms with Crippen LogP contribution >= 0.6 is 11.8 Å². The van der Waals surface area contributed by atoms with E-state index in [1.54, 1.807) is 43.3 Å². The third kappa shape index (κ3) is 5.26. The van der Waals surface area contributed by atoms with Crippen LogP contribution < -0.4 is 11.0 Å². The van der Waals surface area contributed by atoms with Crippen LogP contribution in [0.5, 0.6) is 0 Å². The van der Waals surface area contributed by atoms with Gasteiger partial charge in [-0.2, -0.15) is 9.61 Å². The van der Waals surface area contributed by atoms with Gasteiger partial charge in [-0.3, -0.25) is 4.79 Å². The number of anilines is 1. The summed E-state index contributed by atoms with van der Waals surface area (Å²) >= 11 is 1.20. The van der Waals surface area contributed by atoms with Gasteiger partial charge < -0.3 is 10.1 Å². The molecule has 0 fully saturated rings. The molecule has 4 aromatic rings. The second-order valence-corrected chi connectivity index (χ2v) is 7.88. The molecule has 11 heteroatoms. The fourth-order valence-corrected chi connectivity index (χ4v) is 3.76. The normalized spacial score (nSPS) is 10.8. The van der Waals surface area contributed by atoms with Gasteiger partial charge in [-0.15, -0.1) is 5.10 Å². The van der Waals surface area contributed by atoms with E-state index in [-0.39, 0.29) is 24.6 Å². The summed E-state index contributed by atoms with van der Waals surface area (Å²) in [5.41, 5.74) is 0.510. The third-order valence-electron chi connectivity index (χ3n) is 4.41. The maximum Gasteiger partial charge on any atom is 0.367 e. The maximum absolute atomic E-state index is 13.4. The first kappa shape index (κ1) is 22.2. The van der Waals surface area contributed by atoms with Crippen LogP contribution in [0.2, 0.25) is 0 Å². The third-order valence-corrected chi connectivity index (χ3v) is 5.32. The summed E-state index contributed by atoms with van der Waals surface area (Å²) in [6, 6.07) is 15.5. The Hall–Kier alpha value is -3.99. The van der Waals surface area contributed by atoms with Crippen molar-refractivity contribution in [1.29, 1.82) is 0 Å². The van der Waals surface area contributed by atoms with Gasteiger partial charge in [-0.25, -0.2) is 18.7 Å². The lowest BCUT2D eigenvalue weighted by atomic mass is 10.2. The zero-order chi connectivity index (χ0) is 23.4. The van der Waals surface area contributed by atoms with E-state index < -0.39 is 17.6 Å². The van der Waals surface area contributed by atoms with Gasteiger partial charge in [0.2, 0.25) is 5.91 Å². The van der Waals surface area contributed by atoms with E-state index in [0.29, 0.717) is 21.2 Å². The van der Waals surface area contributed by atoms with Gasteiger partial charge in [-0.1, -0.05) is 17.8 Å². The smallest absolute Gasteiger partial charge is 0.367 e. The summed E-state index contributed by atoms with van der Waals surface area (Å²) in [7, 11) is 0. The lowest BCUT2D eigenvalue weighted by Crippen LogP contribution is -2.28. The molecule has 0 spiro atoms. The molecule has 33 heavy (non-hydrogen) atoms. The Morgan fingerprint density at radius 1 is 1.09 bits per heavy atom. The number of rotatable bonds is 7. The highest BCUT2D eigenvalue weighted by molar-refractivity contribution is 7.99. The number of carbonyl (C=O) groups excluding carboxylic acids is 2. The molecule has 2 aromatic carbocycles. The second-order valence-electron chi connectivity index (χ2n) is 6.79. The zero-order valence-electron chi connectivity index (χ0n) is 17.4. The van der Waals surface area contributed by atoms with Crippen molar-refractivity contribution in [2.75, 3.05) is 11.9 Å². The van der Waals surface area contributed by atoms with Crippen LogP contribution in [0.25, 0.3) is 5.65 Å². The Labute approximate surface area is 191 Å². The number of fused-ring (bicyclic) bond motifs is 1. The van der Waals surface area contributed by atoms with Gasteiger partial charge >= 0.3 is 11.7 Å². The monoisotopic (exact) mass is 467 g/mol. The fourth-order valence-electron chi connectivity index (χ4n) is 2.94. The molecule has 168 valence electrons. The molecule has 0 aliphatic carbocycles. The molecule has 2 aromatic heterocycles. The predicted octanol–water partition coefficient (Wildman–Crippen LogP) is 3.00. The number of aromatic nitrogens is 4. The van der Waals surface area contributed by atoms with Gasteiger partial charge in [0.15, 0.2) is 5.65 Å². The zero-order valence-corrected chi connectivity index (χ0v) is 18.2. The van der Waals surface area contributed by atoms with Crippen molar-refractivity contribution in [3.8, 4) is 0 Å². The van der Waals surface area contributed by atoms with Crippen molar-refractivity contribution in [2.24, 2.45) is 0 Å². The van der Waals surface area contributed by atoms with Crippen molar-refractivity contribution in [3.05, 3.63) is 82.5 Å². The van der Waals surface area contributed by atoms with Gasteiger partial charge in [0.05, 0.1) is 12.2 Å². The summed E-state index contributed by atoms with van der Waals surface area (Å²) in [6.07, 6.45) is 0. The van der Waals surface area contributed by atoms with Crippen molar-refractivity contribution >= 4 is 35.0 Å². The molecular formula is C22H18FN5O4S. The van der Waals surface area contributed by atoms with Crippen LogP contribution in [-0.2, 0) is 16.1 Å². The molecular weight excluding hydrogens is 449 g/mol. The molecule has 1 amide bonds. The van der Waals surface area contributed by atoms with Crippen LogP contribution in [0.4, 0.5) is 10.1 Å². The maximum atomic E-state index is 13.4. The van der Waals surface area contributed by atoms with Crippen LogP contribution in [-0.4, -0.2) is 37.9 Å². The number of nitrogens with one attached hydrogen (secondary N) is 1. The highest BCUT2D eigenvalue weighted by atomic mass is 32.2. The minimum Gasteiger partial charge on any atom is -0.462 e. The molecule has 0 atom stereocenters. The van der Waals surface area contributed by atoms with E-state index in [2.05, 4.69) is 15.5 Å². The fraction of sp³-hybridized carbons (Fsp3) is 0.136. The number of nitrogens with zero attached hydrogens (tertiary/aromatic N) is 4. The Morgan fingerprint density at radius 3 is 2.61 bits per heavy atom. The second kappa shape index (κ2) is 9.65. The number of halogens is 1. The number of amides is 1. The molecule has 4 rings (SSSR count). The number of ether oxygens (including phenoxy) is 1. The summed E-state index contributed by atoms with van der Waals surface area (Å²) in [5, 5.41) is 11.5. The first-order chi connectivity index (χ1) is 15.9. The van der Waals surface area contributed by atoms with Gasteiger partial charge in [0, 0.05) is 10.6 Å². The number of benzene rings is 2. The number of hydrogen-bond acceptors (Lipinski definition) is 7. The van der Waals surface area contributed by atoms with Gasteiger partial charge in [-0.05, 0) is 61.5 Å². The van der Waals surface area contributed by atoms with Crippen LogP contribution in [0.1, 0.15) is 17.3 Å². The standard InChI is InChI=1S/C22H18FN5O4S/c1-2-32-21(30)14-6-8-16(9-7-14)24-19(29)13-27-22(31)28-18(25-27)10-11-20(26-28)33-17-5-3-4-15(23)12-17/h3-12H,2,13H2,1H3,(H,24,29). The molecule has 2 heterocycles. The van der Waals surface area contributed by atoms with E-state index in [4.69, 9.17) is 4.74 Å². The molecule has 0 radical (unpaired) electrons. The van der Waals surface area contributed by atoms with Crippen LogP contribution in [0, 0.1) is 5.82 Å². The Morgan fingerprint density at radius 2 is 1.88 bits per heavy atom. The van der Waals surface area contributed by atoms with E-state index in [1.807, 2.05) is 0 Å². The molecule has 0 saturated carbocycles. The highest BCUT2D eigenvalue weighted by Gasteiger charge is 2.14. The number of carbonyl (C=O) groups is 2. The van der Waals surface area contributed by atoms with Crippen molar-refractivity contribution in [1.82, 2.24) is 19.4 Å². The quantitative estimate of drug-likeness (QED) is 0.416. The largest absolute Gasteiger partial charge is 0.462 e. The van der Waals surface area contributed by atoms with E-state index >= 15 is 0 Å². The SMILES string of the molecule is CCOC(=O)c1ccc(NC(=O)Cn2nc3ccc(Sc4cccc(F)c4)nn3c2=O)cc1. The average Bonchev–Trinajstić information content (AvgIpc) is 3.09. The van der Waals surface area contributed by atoms with Crippen LogP contribution in [0.15, 0.2) is 75.4 Å². The Bertz CT molecular complexity index is 1380. The minimum absolute atomic E-state index is 0.269. The van der Waals surface area contributed by atoms with Crippen LogP contribution in [0.3, 0.4) is 0 Å². The Balaban J connectivity index is 1.46.